The summed E-state index contributed by atoms with van der Waals surface area (Å²) in [6.07, 6.45) is 5.20. The van der Waals surface area contributed by atoms with E-state index in [4.69, 9.17) is 4.98 Å². The van der Waals surface area contributed by atoms with Crippen molar-refractivity contribution < 1.29 is 0 Å². The van der Waals surface area contributed by atoms with E-state index in [0.29, 0.717) is 12.0 Å². The Labute approximate surface area is 104 Å². The second-order valence-electron chi connectivity index (χ2n) is 5.38. The van der Waals surface area contributed by atoms with Gasteiger partial charge < -0.3 is 5.32 Å². The Morgan fingerprint density at radius 3 is 2.65 bits per heavy atom. The number of aromatic nitrogens is 2. The number of rotatable bonds is 4. The van der Waals surface area contributed by atoms with Crippen LogP contribution in [0.2, 0.25) is 0 Å². The molecule has 0 atom stereocenters. The Kier molecular flexibility index (Phi) is 4.11. The maximum atomic E-state index is 4.71. The maximum Gasteiger partial charge on any atom is 0.131 e. The molecule has 1 aliphatic carbocycles. The Morgan fingerprint density at radius 2 is 2.00 bits per heavy atom. The largest absolute Gasteiger partial charge is 0.309 e. The van der Waals surface area contributed by atoms with Crippen molar-refractivity contribution in [3.8, 4) is 0 Å². The fraction of sp³-hybridized carbons (Fsp3) is 0.714. The number of hydrogen-bond acceptors (Lipinski definition) is 3. The quantitative estimate of drug-likeness (QED) is 0.869. The van der Waals surface area contributed by atoms with Gasteiger partial charge in [-0.05, 0) is 25.8 Å². The summed E-state index contributed by atoms with van der Waals surface area (Å²) in [7, 11) is 0. The summed E-state index contributed by atoms with van der Waals surface area (Å²) < 4.78 is 0. The highest BCUT2D eigenvalue weighted by Crippen LogP contribution is 2.32. The number of nitrogens with one attached hydrogen (secondary N) is 1. The molecule has 1 aromatic rings. The van der Waals surface area contributed by atoms with Gasteiger partial charge in [-0.15, -0.1) is 0 Å². The third kappa shape index (κ3) is 3.50. The first-order chi connectivity index (χ1) is 8.15. The lowest BCUT2D eigenvalue weighted by Crippen LogP contribution is -2.23. The van der Waals surface area contributed by atoms with E-state index in [0.717, 1.165) is 23.8 Å². The van der Waals surface area contributed by atoms with Gasteiger partial charge in [0, 0.05) is 24.2 Å². The molecule has 1 aromatic heterocycles. The summed E-state index contributed by atoms with van der Waals surface area (Å²) in [5.74, 6) is 1.68. The zero-order valence-electron chi connectivity index (χ0n) is 11.2. The summed E-state index contributed by atoms with van der Waals surface area (Å²) in [6.45, 7) is 7.23. The second-order valence-corrected chi connectivity index (χ2v) is 5.38. The standard InChI is InChI=1S/C14H23N3/c1-10(2)15-9-13-8-11(3)16-14(17-13)12-6-4-5-7-12/h8,10,12,15H,4-7,9H2,1-3H3. The molecule has 0 bridgehead atoms. The first-order valence-corrected chi connectivity index (χ1v) is 6.73. The van der Waals surface area contributed by atoms with E-state index in [9.17, 15) is 0 Å². The lowest BCUT2D eigenvalue weighted by molar-refractivity contribution is 0.572. The molecule has 1 heterocycles. The molecular weight excluding hydrogens is 210 g/mol. The minimum Gasteiger partial charge on any atom is -0.309 e. The average molecular weight is 233 g/mol. The molecular formula is C14H23N3. The van der Waals surface area contributed by atoms with Crippen LogP contribution in [0.25, 0.3) is 0 Å². The van der Waals surface area contributed by atoms with Gasteiger partial charge in [0.1, 0.15) is 5.82 Å². The van der Waals surface area contributed by atoms with E-state index in [1.807, 2.05) is 0 Å². The predicted octanol–water partition coefficient (Wildman–Crippen LogP) is 2.94. The van der Waals surface area contributed by atoms with Gasteiger partial charge in [-0.1, -0.05) is 26.7 Å². The molecule has 17 heavy (non-hydrogen) atoms. The number of hydrogen-bond donors (Lipinski definition) is 1. The van der Waals surface area contributed by atoms with E-state index in [1.165, 1.54) is 25.7 Å². The molecule has 0 unspecified atom stereocenters. The molecule has 94 valence electrons. The number of aryl methyl sites for hydroxylation is 1. The van der Waals surface area contributed by atoms with Crippen LogP contribution in [0.4, 0.5) is 0 Å². The van der Waals surface area contributed by atoms with Crippen molar-refractivity contribution in [3.05, 3.63) is 23.3 Å². The van der Waals surface area contributed by atoms with Crippen molar-refractivity contribution in [2.75, 3.05) is 0 Å². The van der Waals surface area contributed by atoms with Gasteiger partial charge in [0.15, 0.2) is 0 Å². The molecule has 0 radical (unpaired) electrons. The Balaban J connectivity index is 2.11. The highest BCUT2D eigenvalue weighted by Gasteiger charge is 2.20. The highest BCUT2D eigenvalue weighted by molar-refractivity contribution is 5.13. The third-order valence-corrected chi connectivity index (χ3v) is 3.34. The van der Waals surface area contributed by atoms with Crippen LogP contribution < -0.4 is 5.32 Å². The van der Waals surface area contributed by atoms with Crippen LogP contribution in [0, 0.1) is 6.92 Å². The van der Waals surface area contributed by atoms with E-state index in [-0.39, 0.29) is 0 Å². The molecule has 0 spiro atoms. The van der Waals surface area contributed by atoms with Crippen LogP contribution in [0.3, 0.4) is 0 Å². The average Bonchev–Trinajstić information content (AvgIpc) is 2.79. The molecule has 3 nitrogen and oxygen atoms in total. The molecule has 3 heteroatoms. The minimum absolute atomic E-state index is 0.500. The SMILES string of the molecule is Cc1cc(CNC(C)C)nc(C2CCCC2)n1. The third-order valence-electron chi connectivity index (χ3n) is 3.34. The molecule has 0 saturated heterocycles. The minimum atomic E-state index is 0.500. The van der Waals surface area contributed by atoms with Crippen molar-refractivity contribution in [3.63, 3.8) is 0 Å². The summed E-state index contributed by atoms with van der Waals surface area (Å²) in [6, 6.07) is 2.59. The van der Waals surface area contributed by atoms with Crippen molar-refractivity contribution in [2.45, 2.75) is 65.0 Å². The van der Waals surface area contributed by atoms with Gasteiger partial charge in [-0.2, -0.15) is 0 Å². The fourth-order valence-electron chi connectivity index (χ4n) is 2.42. The van der Waals surface area contributed by atoms with Crippen LogP contribution in [0.15, 0.2) is 6.07 Å². The molecule has 0 aliphatic heterocycles. The summed E-state index contributed by atoms with van der Waals surface area (Å²) in [5.41, 5.74) is 2.23. The van der Waals surface area contributed by atoms with Gasteiger partial charge in [-0.3, -0.25) is 0 Å². The molecule has 1 aliphatic rings. The maximum absolute atomic E-state index is 4.71. The predicted molar refractivity (Wildman–Crippen MR) is 70.0 cm³/mol. The normalized spacial score (nSPS) is 16.9. The Bertz CT molecular complexity index is 368. The van der Waals surface area contributed by atoms with Crippen molar-refractivity contribution in [1.29, 1.82) is 0 Å². The van der Waals surface area contributed by atoms with Crippen molar-refractivity contribution >= 4 is 0 Å². The van der Waals surface area contributed by atoms with Gasteiger partial charge in [0.05, 0.1) is 5.69 Å². The topological polar surface area (TPSA) is 37.8 Å². The van der Waals surface area contributed by atoms with Crippen LogP contribution in [-0.2, 0) is 6.54 Å². The molecule has 1 fully saturated rings. The van der Waals surface area contributed by atoms with Gasteiger partial charge >= 0.3 is 0 Å². The fourth-order valence-corrected chi connectivity index (χ4v) is 2.42. The van der Waals surface area contributed by atoms with Crippen LogP contribution in [0.5, 0.6) is 0 Å². The van der Waals surface area contributed by atoms with Crippen LogP contribution in [-0.4, -0.2) is 16.0 Å². The van der Waals surface area contributed by atoms with Gasteiger partial charge in [0.2, 0.25) is 0 Å². The Morgan fingerprint density at radius 1 is 1.29 bits per heavy atom. The van der Waals surface area contributed by atoms with E-state index < -0.39 is 0 Å². The molecule has 2 rings (SSSR count). The van der Waals surface area contributed by atoms with Crippen LogP contribution in [0.1, 0.15) is 62.7 Å². The van der Waals surface area contributed by atoms with Gasteiger partial charge in [-0.25, -0.2) is 9.97 Å². The summed E-state index contributed by atoms with van der Waals surface area (Å²) in [4.78, 5) is 9.32. The summed E-state index contributed by atoms with van der Waals surface area (Å²) in [5, 5.41) is 3.42. The lowest BCUT2D eigenvalue weighted by Gasteiger charge is -2.12. The second kappa shape index (κ2) is 5.58. The van der Waals surface area contributed by atoms with Crippen molar-refractivity contribution in [2.24, 2.45) is 0 Å². The lowest BCUT2D eigenvalue weighted by atomic mass is 10.1. The smallest absolute Gasteiger partial charge is 0.131 e. The first-order valence-electron chi connectivity index (χ1n) is 6.73. The highest BCUT2D eigenvalue weighted by atomic mass is 15.0. The summed E-state index contributed by atoms with van der Waals surface area (Å²) >= 11 is 0. The zero-order valence-corrected chi connectivity index (χ0v) is 11.2. The zero-order chi connectivity index (χ0) is 12.3. The Hall–Kier alpha value is -0.960. The van der Waals surface area contributed by atoms with Crippen molar-refractivity contribution in [1.82, 2.24) is 15.3 Å². The molecule has 0 amide bonds. The van der Waals surface area contributed by atoms with E-state index in [2.05, 4.69) is 37.1 Å². The van der Waals surface area contributed by atoms with E-state index in [1.54, 1.807) is 0 Å². The van der Waals surface area contributed by atoms with E-state index >= 15 is 0 Å². The van der Waals surface area contributed by atoms with Gasteiger partial charge in [0.25, 0.3) is 0 Å². The number of nitrogens with zero attached hydrogens (tertiary/aromatic N) is 2. The monoisotopic (exact) mass is 233 g/mol. The molecule has 1 N–H and O–H groups in total. The van der Waals surface area contributed by atoms with Crippen LogP contribution >= 0.6 is 0 Å². The molecule has 1 saturated carbocycles. The first kappa shape index (κ1) is 12.5. The molecule has 0 aromatic carbocycles.